The van der Waals surface area contributed by atoms with Crippen LogP contribution < -0.4 is 0 Å². The molecule has 0 aromatic carbocycles. The Labute approximate surface area is 195 Å². The fraction of sp³-hybridized carbons (Fsp3) is 0.476. The number of hydrogen-bond donors (Lipinski definition) is 2. The molecule has 0 amide bonds. The highest BCUT2D eigenvalue weighted by molar-refractivity contribution is 5.73. The molecule has 2 N–H and O–H groups in total. The molecule has 1 saturated carbocycles. The fourth-order valence-corrected chi connectivity index (χ4v) is 3.19. The molecule has 0 radical (unpaired) electrons. The first kappa shape index (κ1) is 28.0. The van der Waals surface area contributed by atoms with E-state index in [1.165, 1.54) is 29.8 Å². The van der Waals surface area contributed by atoms with Gasteiger partial charge in [-0.15, -0.1) is 0 Å². The third-order valence-electron chi connectivity index (χ3n) is 4.97. The maximum Gasteiger partial charge on any atom is 0.490 e. The summed E-state index contributed by atoms with van der Waals surface area (Å²) in [5, 5.41) is 14.2. The average Bonchev–Trinajstić information content (AvgIpc) is 3.62. The molecule has 192 valence electrons. The highest BCUT2D eigenvalue weighted by atomic mass is 19.4. The van der Waals surface area contributed by atoms with Crippen molar-refractivity contribution in [2.45, 2.75) is 50.5 Å². The minimum atomic E-state index is -5.08. The first-order valence-electron chi connectivity index (χ1n) is 10.3. The Balaban J connectivity index is 0.000000257. The number of aliphatic carboxylic acids is 2. The average molecular weight is 508 g/mol. The molecule has 8 nitrogen and oxygen atoms in total. The van der Waals surface area contributed by atoms with Crippen LogP contribution in [0.5, 0.6) is 0 Å². The number of carbonyl (C=O) groups is 2. The largest absolute Gasteiger partial charge is 0.490 e. The van der Waals surface area contributed by atoms with E-state index < -0.39 is 24.3 Å². The van der Waals surface area contributed by atoms with Gasteiger partial charge in [0, 0.05) is 43.9 Å². The van der Waals surface area contributed by atoms with E-state index in [-0.39, 0.29) is 0 Å². The predicted molar refractivity (Wildman–Crippen MR) is 108 cm³/mol. The number of carboxylic acid groups (broad SMARTS) is 2. The van der Waals surface area contributed by atoms with Crippen molar-refractivity contribution in [3.8, 4) is 0 Å². The number of halogens is 6. The number of alkyl halides is 6. The fourth-order valence-electron chi connectivity index (χ4n) is 3.19. The summed E-state index contributed by atoms with van der Waals surface area (Å²) in [5.41, 5.74) is 5.19. The number of carboxylic acids is 2. The molecule has 0 unspecified atom stereocenters. The molecule has 1 aliphatic heterocycles. The third kappa shape index (κ3) is 9.47. The molecule has 2 aliphatic rings. The molecule has 2 aromatic rings. The molecule has 0 atom stereocenters. The van der Waals surface area contributed by atoms with Crippen molar-refractivity contribution < 1.29 is 46.1 Å². The molecular weight excluding hydrogens is 486 g/mol. The van der Waals surface area contributed by atoms with Gasteiger partial charge in [-0.25, -0.2) is 19.6 Å². The van der Waals surface area contributed by atoms with Gasteiger partial charge < -0.3 is 10.2 Å². The summed E-state index contributed by atoms with van der Waals surface area (Å²) in [7, 11) is 0. The van der Waals surface area contributed by atoms with Crippen LogP contribution in [0.25, 0.3) is 0 Å². The van der Waals surface area contributed by atoms with Gasteiger partial charge in [0.2, 0.25) is 0 Å². The van der Waals surface area contributed by atoms with Gasteiger partial charge in [0.1, 0.15) is 6.33 Å². The first-order chi connectivity index (χ1) is 16.3. The highest BCUT2D eigenvalue weighted by Crippen LogP contribution is 2.41. The topological polar surface area (TPSA) is 117 Å². The molecule has 14 heteroatoms. The Morgan fingerprint density at radius 1 is 0.914 bits per heavy atom. The summed E-state index contributed by atoms with van der Waals surface area (Å²) in [5.74, 6) is -4.80. The smallest absolute Gasteiger partial charge is 0.475 e. The van der Waals surface area contributed by atoms with E-state index in [1.54, 1.807) is 6.33 Å². The van der Waals surface area contributed by atoms with Crippen molar-refractivity contribution in [2.24, 2.45) is 0 Å². The maximum absolute atomic E-state index is 10.6. The number of hydrogen-bond acceptors (Lipinski definition) is 6. The van der Waals surface area contributed by atoms with Crippen LogP contribution in [0.15, 0.2) is 30.7 Å². The SMILES string of the molecule is O=C(O)C(F)(F)F.O=C(O)C(F)(F)F.c1ccc(CN2CCc3ncnc(C4CC4)c3CC2)nc1. The van der Waals surface area contributed by atoms with Crippen LogP contribution in [-0.2, 0) is 29.0 Å². The van der Waals surface area contributed by atoms with E-state index >= 15 is 0 Å². The van der Waals surface area contributed by atoms with Crippen LogP contribution in [0.2, 0.25) is 0 Å². The second kappa shape index (κ2) is 11.9. The molecule has 0 saturated heterocycles. The van der Waals surface area contributed by atoms with E-state index in [2.05, 4.69) is 32.0 Å². The van der Waals surface area contributed by atoms with Gasteiger partial charge in [0.15, 0.2) is 0 Å². The molecule has 2 aromatic heterocycles. The summed E-state index contributed by atoms with van der Waals surface area (Å²) in [6, 6.07) is 6.14. The molecule has 35 heavy (non-hydrogen) atoms. The molecular formula is C21H22F6N4O4. The third-order valence-corrected chi connectivity index (χ3v) is 4.97. The molecule has 4 rings (SSSR count). The lowest BCUT2D eigenvalue weighted by Crippen LogP contribution is -2.26. The Morgan fingerprint density at radius 2 is 1.49 bits per heavy atom. The minimum absolute atomic E-state index is 0.712. The zero-order valence-corrected chi connectivity index (χ0v) is 18.2. The Hall–Kier alpha value is -3.29. The molecule has 3 heterocycles. The summed E-state index contributed by atoms with van der Waals surface area (Å²) in [4.78, 5) is 33.8. The van der Waals surface area contributed by atoms with Crippen molar-refractivity contribution in [1.82, 2.24) is 19.9 Å². The highest BCUT2D eigenvalue weighted by Gasteiger charge is 2.39. The van der Waals surface area contributed by atoms with Crippen LogP contribution >= 0.6 is 0 Å². The standard InChI is InChI=1S/C17H20N4.2C2HF3O2/c1-2-8-18-14(3-1)11-21-9-6-15-16(7-10-21)19-12-20-17(15)13-4-5-13;2*3-2(4,5)1(6)7/h1-3,8,12-13H,4-7,9-11H2;2*(H,6,7). The summed E-state index contributed by atoms with van der Waals surface area (Å²) >= 11 is 0. The normalized spacial score (nSPS) is 15.9. The number of nitrogens with zero attached hydrogens (tertiary/aromatic N) is 4. The second-order valence-electron chi connectivity index (χ2n) is 7.66. The lowest BCUT2D eigenvalue weighted by atomic mass is 10.0. The quantitative estimate of drug-likeness (QED) is 0.604. The minimum Gasteiger partial charge on any atom is -0.475 e. The number of fused-ring (bicyclic) bond motifs is 1. The van der Waals surface area contributed by atoms with Gasteiger partial charge in [-0.2, -0.15) is 26.3 Å². The molecule has 1 aliphatic carbocycles. The van der Waals surface area contributed by atoms with E-state index in [0.29, 0.717) is 5.92 Å². The van der Waals surface area contributed by atoms with Crippen LogP contribution in [0.4, 0.5) is 26.3 Å². The van der Waals surface area contributed by atoms with Crippen molar-refractivity contribution in [3.63, 3.8) is 0 Å². The van der Waals surface area contributed by atoms with Crippen molar-refractivity contribution in [2.75, 3.05) is 13.1 Å². The Bertz CT molecular complexity index is 974. The second-order valence-corrected chi connectivity index (χ2v) is 7.66. The zero-order chi connectivity index (χ0) is 26.2. The van der Waals surface area contributed by atoms with Gasteiger partial charge in [0.05, 0.1) is 11.4 Å². The van der Waals surface area contributed by atoms with Crippen molar-refractivity contribution in [1.29, 1.82) is 0 Å². The lowest BCUT2D eigenvalue weighted by Gasteiger charge is -2.18. The Morgan fingerprint density at radius 3 is 1.97 bits per heavy atom. The number of pyridine rings is 1. The van der Waals surface area contributed by atoms with Gasteiger partial charge in [-0.1, -0.05) is 6.07 Å². The lowest BCUT2D eigenvalue weighted by molar-refractivity contribution is -0.193. The first-order valence-corrected chi connectivity index (χ1v) is 10.3. The number of rotatable bonds is 3. The van der Waals surface area contributed by atoms with Crippen LogP contribution in [0, 0.1) is 0 Å². The summed E-state index contributed by atoms with van der Waals surface area (Å²) in [6.45, 7) is 3.07. The number of aromatic nitrogens is 3. The van der Waals surface area contributed by atoms with Crippen LogP contribution in [-0.4, -0.2) is 67.4 Å². The zero-order valence-electron chi connectivity index (χ0n) is 18.2. The monoisotopic (exact) mass is 508 g/mol. The van der Waals surface area contributed by atoms with Crippen molar-refractivity contribution >= 4 is 11.9 Å². The van der Waals surface area contributed by atoms with Gasteiger partial charge >= 0.3 is 24.3 Å². The van der Waals surface area contributed by atoms with E-state index in [4.69, 9.17) is 19.8 Å². The van der Waals surface area contributed by atoms with Gasteiger partial charge in [0.25, 0.3) is 0 Å². The van der Waals surface area contributed by atoms with E-state index in [1.807, 2.05) is 12.3 Å². The van der Waals surface area contributed by atoms with Gasteiger partial charge in [-0.05, 0) is 37.0 Å². The van der Waals surface area contributed by atoms with Crippen LogP contribution in [0.1, 0.15) is 41.4 Å². The molecule has 1 fully saturated rings. The summed E-state index contributed by atoms with van der Waals surface area (Å²) < 4.78 is 63.5. The predicted octanol–water partition coefficient (Wildman–Crippen LogP) is 3.62. The molecule has 0 bridgehead atoms. The summed E-state index contributed by atoms with van der Waals surface area (Å²) in [6.07, 6.45) is -1.80. The van der Waals surface area contributed by atoms with E-state index in [9.17, 15) is 26.3 Å². The van der Waals surface area contributed by atoms with Crippen LogP contribution in [0.3, 0.4) is 0 Å². The van der Waals surface area contributed by atoms with E-state index in [0.717, 1.165) is 38.2 Å². The van der Waals surface area contributed by atoms with Crippen molar-refractivity contribution in [3.05, 3.63) is 53.4 Å². The molecule has 0 spiro atoms. The Kier molecular flexibility index (Phi) is 9.51. The van der Waals surface area contributed by atoms with Gasteiger partial charge in [-0.3, -0.25) is 9.88 Å². The maximum atomic E-state index is 10.6.